The zero-order valence-electron chi connectivity index (χ0n) is 9.84. The third-order valence-corrected chi connectivity index (χ3v) is 2.72. The molecule has 0 unspecified atom stereocenters. The van der Waals surface area contributed by atoms with E-state index in [-0.39, 0.29) is 0 Å². The number of rotatable bonds is 4. The van der Waals surface area contributed by atoms with Gasteiger partial charge in [0.1, 0.15) is 0 Å². The topological polar surface area (TPSA) is 29.5 Å². The molecule has 0 aromatic heterocycles. The lowest BCUT2D eigenvalue weighted by molar-refractivity contribution is 0.185. The van der Waals surface area contributed by atoms with Crippen LogP contribution in [0.5, 0.6) is 0 Å². The average Bonchev–Trinajstić information content (AvgIpc) is 2.40. The second-order valence-corrected chi connectivity index (χ2v) is 3.99. The Labute approximate surface area is 102 Å². The third kappa shape index (κ3) is 2.96. The second kappa shape index (κ2) is 5.66. The number of methoxy groups -OCH3 is 1. The Balaban J connectivity index is 2.17. The van der Waals surface area contributed by atoms with Gasteiger partial charge in [-0.3, -0.25) is 0 Å². The number of ether oxygens (including phenoxy) is 1. The van der Waals surface area contributed by atoms with Crippen molar-refractivity contribution >= 4 is 17.8 Å². The molecule has 0 bridgehead atoms. The van der Waals surface area contributed by atoms with E-state index in [0.29, 0.717) is 6.61 Å². The molecule has 0 spiro atoms. The van der Waals surface area contributed by atoms with Crippen LogP contribution in [0.15, 0.2) is 54.6 Å². The molecule has 0 saturated heterocycles. The van der Waals surface area contributed by atoms with Gasteiger partial charge in [0.25, 0.3) is 0 Å². The van der Waals surface area contributed by atoms with E-state index in [1.807, 2.05) is 54.6 Å². The van der Waals surface area contributed by atoms with E-state index in [2.05, 4.69) is 0 Å². The fourth-order valence-electron chi connectivity index (χ4n) is 1.79. The van der Waals surface area contributed by atoms with Gasteiger partial charge in [-0.1, -0.05) is 54.6 Å². The van der Waals surface area contributed by atoms with Crippen LogP contribution in [-0.4, -0.2) is 19.0 Å². The van der Waals surface area contributed by atoms with Crippen LogP contribution in [0.4, 0.5) is 0 Å². The minimum absolute atomic E-state index is 0.562. The number of benzene rings is 2. The quantitative estimate of drug-likeness (QED) is 0.786. The van der Waals surface area contributed by atoms with Crippen LogP contribution < -0.4 is 10.9 Å². The largest absolute Gasteiger partial charge is 0.443 e. The SMILES string of the molecule is COCc1ccc(B(O)c2ccccc2)cc1. The van der Waals surface area contributed by atoms with Gasteiger partial charge in [0, 0.05) is 7.11 Å². The first kappa shape index (κ1) is 11.9. The molecule has 0 aliphatic heterocycles. The monoisotopic (exact) mass is 226 g/mol. The molecule has 17 heavy (non-hydrogen) atoms. The van der Waals surface area contributed by atoms with Crippen LogP contribution in [0.1, 0.15) is 5.56 Å². The fraction of sp³-hybridized carbons (Fsp3) is 0.143. The fourth-order valence-corrected chi connectivity index (χ4v) is 1.79. The molecule has 0 heterocycles. The van der Waals surface area contributed by atoms with Gasteiger partial charge in [-0.15, -0.1) is 0 Å². The molecule has 0 fully saturated rings. The molecule has 0 atom stereocenters. The van der Waals surface area contributed by atoms with Crippen LogP contribution >= 0.6 is 0 Å². The highest BCUT2D eigenvalue weighted by Crippen LogP contribution is 1.99. The maximum Gasteiger partial charge on any atom is 0.358 e. The van der Waals surface area contributed by atoms with E-state index in [1.54, 1.807) is 7.11 Å². The Kier molecular flexibility index (Phi) is 3.96. The molecule has 3 heteroatoms. The van der Waals surface area contributed by atoms with Crippen molar-refractivity contribution in [2.24, 2.45) is 0 Å². The molecule has 0 amide bonds. The van der Waals surface area contributed by atoms with Crippen molar-refractivity contribution in [2.45, 2.75) is 6.61 Å². The summed E-state index contributed by atoms with van der Waals surface area (Å²) in [5, 5.41) is 10.2. The van der Waals surface area contributed by atoms with Crippen molar-refractivity contribution in [1.82, 2.24) is 0 Å². The predicted molar refractivity (Wildman–Crippen MR) is 70.8 cm³/mol. The summed E-state index contributed by atoms with van der Waals surface area (Å²) >= 11 is 0. The zero-order chi connectivity index (χ0) is 12.1. The van der Waals surface area contributed by atoms with Gasteiger partial charge in [-0.05, 0) is 16.5 Å². The highest BCUT2D eigenvalue weighted by atomic mass is 16.5. The lowest BCUT2D eigenvalue weighted by Crippen LogP contribution is -2.42. The third-order valence-electron chi connectivity index (χ3n) is 2.72. The van der Waals surface area contributed by atoms with E-state index < -0.39 is 6.92 Å². The summed E-state index contributed by atoms with van der Waals surface area (Å²) in [6, 6.07) is 17.5. The van der Waals surface area contributed by atoms with E-state index in [4.69, 9.17) is 4.74 Å². The van der Waals surface area contributed by atoms with Gasteiger partial charge >= 0.3 is 6.92 Å². The molecule has 2 aromatic carbocycles. The van der Waals surface area contributed by atoms with Crippen molar-refractivity contribution in [3.63, 3.8) is 0 Å². The van der Waals surface area contributed by atoms with Gasteiger partial charge in [0.2, 0.25) is 0 Å². The highest BCUT2D eigenvalue weighted by molar-refractivity contribution is 6.78. The Hall–Kier alpha value is -1.58. The summed E-state index contributed by atoms with van der Waals surface area (Å²) < 4.78 is 5.05. The van der Waals surface area contributed by atoms with Gasteiger partial charge in [0.15, 0.2) is 0 Å². The van der Waals surface area contributed by atoms with Gasteiger partial charge in [-0.25, -0.2) is 0 Å². The van der Waals surface area contributed by atoms with Gasteiger partial charge in [0.05, 0.1) is 6.61 Å². The summed E-state index contributed by atoms with van der Waals surface area (Å²) in [6.45, 7) is 0.0367. The normalized spacial score (nSPS) is 10.2. The van der Waals surface area contributed by atoms with Crippen LogP contribution in [0.2, 0.25) is 0 Å². The molecule has 0 aliphatic carbocycles. The molecule has 0 radical (unpaired) electrons. The maximum absolute atomic E-state index is 10.2. The van der Waals surface area contributed by atoms with Crippen molar-refractivity contribution in [1.29, 1.82) is 0 Å². The van der Waals surface area contributed by atoms with Crippen molar-refractivity contribution in [3.05, 3.63) is 60.2 Å². The minimum atomic E-state index is -0.562. The molecule has 0 aliphatic rings. The highest BCUT2D eigenvalue weighted by Gasteiger charge is 2.15. The standard InChI is InChI=1S/C14H15BO2/c1-17-11-12-7-9-14(10-8-12)15(16)13-5-3-2-4-6-13/h2-10,16H,11H2,1H3. The minimum Gasteiger partial charge on any atom is -0.443 e. The van der Waals surface area contributed by atoms with Crippen LogP contribution in [-0.2, 0) is 11.3 Å². The predicted octanol–water partition coefficient (Wildman–Crippen LogP) is 0.931. The molecule has 0 saturated carbocycles. The Morgan fingerprint density at radius 2 is 1.53 bits per heavy atom. The Bertz CT molecular complexity index is 453. The summed E-state index contributed by atoms with van der Waals surface area (Å²) in [4.78, 5) is 0. The van der Waals surface area contributed by atoms with E-state index in [9.17, 15) is 5.02 Å². The summed E-state index contributed by atoms with van der Waals surface area (Å²) in [5.41, 5.74) is 2.92. The number of hydrogen-bond donors (Lipinski definition) is 1. The van der Waals surface area contributed by atoms with Crippen LogP contribution in [0.25, 0.3) is 0 Å². The zero-order valence-corrected chi connectivity index (χ0v) is 9.84. The first-order valence-electron chi connectivity index (χ1n) is 5.62. The van der Waals surface area contributed by atoms with Gasteiger partial charge in [-0.2, -0.15) is 0 Å². The summed E-state index contributed by atoms with van der Waals surface area (Å²) in [5.74, 6) is 0. The molecule has 2 rings (SSSR count). The van der Waals surface area contributed by atoms with Crippen molar-refractivity contribution in [3.8, 4) is 0 Å². The van der Waals surface area contributed by atoms with Crippen LogP contribution in [0.3, 0.4) is 0 Å². The van der Waals surface area contributed by atoms with Crippen molar-refractivity contribution < 1.29 is 9.76 Å². The molecular weight excluding hydrogens is 211 g/mol. The van der Waals surface area contributed by atoms with E-state index >= 15 is 0 Å². The van der Waals surface area contributed by atoms with Crippen molar-refractivity contribution in [2.75, 3.05) is 7.11 Å². The smallest absolute Gasteiger partial charge is 0.358 e. The van der Waals surface area contributed by atoms with E-state index in [0.717, 1.165) is 16.5 Å². The average molecular weight is 226 g/mol. The summed E-state index contributed by atoms with van der Waals surface area (Å²) in [7, 11) is 1.67. The second-order valence-electron chi connectivity index (χ2n) is 3.99. The van der Waals surface area contributed by atoms with E-state index in [1.165, 1.54) is 0 Å². The summed E-state index contributed by atoms with van der Waals surface area (Å²) in [6.07, 6.45) is 0. The molecule has 2 aromatic rings. The molecule has 86 valence electrons. The molecule has 1 N–H and O–H groups in total. The maximum atomic E-state index is 10.2. The Morgan fingerprint density at radius 1 is 0.941 bits per heavy atom. The first-order valence-corrected chi connectivity index (χ1v) is 5.62. The lowest BCUT2D eigenvalue weighted by Gasteiger charge is -2.08. The number of hydrogen-bond acceptors (Lipinski definition) is 2. The molecule has 2 nitrogen and oxygen atoms in total. The molecular formula is C14H15BO2. The van der Waals surface area contributed by atoms with Crippen LogP contribution in [0, 0.1) is 0 Å². The van der Waals surface area contributed by atoms with Gasteiger partial charge < -0.3 is 9.76 Å². The lowest BCUT2D eigenvalue weighted by atomic mass is 9.56. The first-order chi connectivity index (χ1) is 8.31. The Morgan fingerprint density at radius 3 is 2.12 bits per heavy atom.